The Morgan fingerprint density at radius 1 is 1.44 bits per heavy atom. The summed E-state index contributed by atoms with van der Waals surface area (Å²) in [6.07, 6.45) is 0.413. The highest BCUT2D eigenvalue weighted by Crippen LogP contribution is 2.29. The van der Waals surface area contributed by atoms with Crippen LogP contribution in [-0.2, 0) is 4.79 Å². The quantitative estimate of drug-likeness (QED) is 0.847. The number of halogens is 2. The fourth-order valence-corrected chi connectivity index (χ4v) is 2.57. The molecule has 0 aliphatic heterocycles. The van der Waals surface area contributed by atoms with E-state index >= 15 is 0 Å². The molecule has 0 saturated heterocycles. The van der Waals surface area contributed by atoms with Gasteiger partial charge in [-0.05, 0) is 12.1 Å². The summed E-state index contributed by atoms with van der Waals surface area (Å²) in [6.45, 7) is 2.65. The Kier molecular flexibility index (Phi) is 6.86. The Hall–Kier alpha value is -0.420. The predicted octanol–water partition coefficient (Wildman–Crippen LogP) is 3.40. The molecular formula is C12H16Cl2N2OS. The van der Waals surface area contributed by atoms with Crippen molar-refractivity contribution >= 4 is 46.6 Å². The molecule has 0 bridgehead atoms. The highest BCUT2D eigenvalue weighted by atomic mass is 35.5. The van der Waals surface area contributed by atoms with E-state index in [0.717, 1.165) is 5.75 Å². The summed E-state index contributed by atoms with van der Waals surface area (Å²) < 4.78 is 0. The average molecular weight is 307 g/mol. The Morgan fingerprint density at radius 3 is 2.61 bits per heavy atom. The van der Waals surface area contributed by atoms with Crippen LogP contribution in [0.4, 0.5) is 5.69 Å². The predicted molar refractivity (Wildman–Crippen MR) is 80.7 cm³/mol. The minimum absolute atomic E-state index is 0.0956. The summed E-state index contributed by atoms with van der Waals surface area (Å²) in [4.78, 5) is 11.7. The van der Waals surface area contributed by atoms with Gasteiger partial charge in [0.05, 0.1) is 15.7 Å². The third-order valence-electron chi connectivity index (χ3n) is 2.29. The van der Waals surface area contributed by atoms with E-state index in [1.165, 1.54) is 0 Å². The average Bonchev–Trinajstić information content (AvgIpc) is 2.34. The smallest absolute Gasteiger partial charge is 0.225 e. The van der Waals surface area contributed by atoms with Crippen LogP contribution in [0.5, 0.6) is 0 Å². The normalized spacial score (nSPS) is 12.2. The topological polar surface area (TPSA) is 55.1 Å². The maximum atomic E-state index is 11.7. The molecule has 1 aromatic rings. The van der Waals surface area contributed by atoms with Gasteiger partial charge in [0.25, 0.3) is 0 Å². The van der Waals surface area contributed by atoms with Gasteiger partial charge in [0, 0.05) is 24.0 Å². The molecule has 6 heteroatoms. The molecule has 1 unspecified atom stereocenters. The Morgan fingerprint density at radius 2 is 2.06 bits per heavy atom. The van der Waals surface area contributed by atoms with E-state index in [1.807, 2.05) is 6.92 Å². The lowest BCUT2D eigenvalue weighted by molar-refractivity contribution is -0.115. The van der Waals surface area contributed by atoms with Gasteiger partial charge >= 0.3 is 0 Å². The van der Waals surface area contributed by atoms with E-state index in [0.29, 0.717) is 33.9 Å². The maximum Gasteiger partial charge on any atom is 0.225 e. The molecule has 0 fully saturated rings. The third-order valence-corrected chi connectivity index (χ3v) is 4.12. The molecule has 3 nitrogen and oxygen atoms in total. The van der Waals surface area contributed by atoms with E-state index in [1.54, 1.807) is 30.0 Å². The first kappa shape index (κ1) is 15.6. The number of rotatable bonds is 6. The zero-order valence-electron chi connectivity index (χ0n) is 10.1. The SMILES string of the molecule is CC(CN)SCCC(=O)Nc1c(Cl)cccc1Cl. The first-order valence-corrected chi connectivity index (χ1v) is 7.40. The van der Waals surface area contributed by atoms with Crippen molar-refractivity contribution < 1.29 is 4.79 Å². The Balaban J connectivity index is 2.45. The van der Waals surface area contributed by atoms with Crippen LogP contribution in [0.3, 0.4) is 0 Å². The monoisotopic (exact) mass is 306 g/mol. The molecule has 0 saturated carbocycles. The molecule has 18 heavy (non-hydrogen) atoms. The van der Waals surface area contributed by atoms with Gasteiger partial charge in [0.1, 0.15) is 0 Å². The van der Waals surface area contributed by atoms with Gasteiger partial charge in [-0.3, -0.25) is 4.79 Å². The Labute approximate surface area is 121 Å². The number of carbonyl (C=O) groups excluding carboxylic acids is 1. The van der Waals surface area contributed by atoms with Crippen LogP contribution in [0, 0.1) is 0 Å². The fraction of sp³-hybridized carbons (Fsp3) is 0.417. The number of amides is 1. The molecule has 3 N–H and O–H groups in total. The molecule has 1 amide bonds. The highest BCUT2D eigenvalue weighted by molar-refractivity contribution is 7.99. The van der Waals surface area contributed by atoms with Gasteiger partial charge in [-0.2, -0.15) is 11.8 Å². The van der Waals surface area contributed by atoms with E-state index in [4.69, 9.17) is 28.9 Å². The van der Waals surface area contributed by atoms with Crippen LogP contribution in [0.15, 0.2) is 18.2 Å². The van der Waals surface area contributed by atoms with Gasteiger partial charge in [-0.1, -0.05) is 36.2 Å². The zero-order valence-corrected chi connectivity index (χ0v) is 12.4. The van der Waals surface area contributed by atoms with Crippen LogP contribution in [0.25, 0.3) is 0 Å². The van der Waals surface area contributed by atoms with Gasteiger partial charge in [0.15, 0.2) is 0 Å². The second-order valence-electron chi connectivity index (χ2n) is 3.81. The molecule has 0 aliphatic rings. The van der Waals surface area contributed by atoms with Crippen LogP contribution < -0.4 is 11.1 Å². The zero-order chi connectivity index (χ0) is 13.5. The lowest BCUT2D eigenvalue weighted by Gasteiger charge is -2.10. The van der Waals surface area contributed by atoms with Crippen LogP contribution in [-0.4, -0.2) is 23.5 Å². The number of carbonyl (C=O) groups is 1. The number of thioether (sulfide) groups is 1. The van der Waals surface area contributed by atoms with Crippen molar-refractivity contribution in [1.29, 1.82) is 0 Å². The van der Waals surface area contributed by atoms with Crippen LogP contribution >= 0.6 is 35.0 Å². The third kappa shape index (κ3) is 5.06. The number of benzene rings is 1. The summed E-state index contributed by atoms with van der Waals surface area (Å²) in [5.74, 6) is 0.633. The number of hydrogen-bond acceptors (Lipinski definition) is 3. The summed E-state index contributed by atoms with van der Waals surface area (Å²) >= 11 is 13.6. The van der Waals surface area contributed by atoms with Crippen molar-refractivity contribution in [3.63, 3.8) is 0 Å². The molecule has 0 spiro atoms. The van der Waals surface area contributed by atoms with Crippen molar-refractivity contribution in [2.24, 2.45) is 5.73 Å². The van der Waals surface area contributed by atoms with E-state index < -0.39 is 0 Å². The summed E-state index contributed by atoms with van der Waals surface area (Å²) in [6, 6.07) is 5.11. The molecule has 1 rings (SSSR count). The minimum atomic E-state index is -0.0956. The second kappa shape index (κ2) is 7.89. The minimum Gasteiger partial charge on any atom is -0.329 e. The number of hydrogen-bond donors (Lipinski definition) is 2. The van der Waals surface area contributed by atoms with Crippen molar-refractivity contribution in [3.05, 3.63) is 28.2 Å². The van der Waals surface area contributed by atoms with Gasteiger partial charge in [0.2, 0.25) is 5.91 Å². The molecule has 0 aliphatic carbocycles. The van der Waals surface area contributed by atoms with Crippen molar-refractivity contribution in [2.45, 2.75) is 18.6 Å². The molecule has 0 radical (unpaired) electrons. The van der Waals surface area contributed by atoms with E-state index in [2.05, 4.69) is 5.32 Å². The van der Waals surface area contributed by atoms with E-state index in [-0.39, 0.29) is 5.91 Å². The molecule has 1 atom stereocenters. The maximum absolute atomic E-state index is 11.7. The molecular weight excluding hydrogens is 291 g/mol. The summed E-state index contributed by atoms with van der Waals surface area (Å²) in [5.41, 5.74) is 5.97. The van der Waals surface area contributed by atoms with Crippen LogP contribution in [0.1, 0.15) is 13.3 Å². The lowest BCUT2D eigenvalue weighted by atomic mass is 10.3. The Bertz CT molecular complexity index is 395. The summed E-state index contributed by atoms with van der Waals surface area (Å²) in [5, 5.41) is 3.97. The lowest BCUT2D eigenvalue weighted by Crippen LogP contribution is -2.16. The van der Waals surface area contributed by atoms with Crippen LogP contribution in [0.2, 0.25) is 10.0 Å². The molecule has 1 aromatic carbocycles. The number of anilines is 1. The van der Waals surface area contributed by atoms with Crippen molar-refractivity contribution in [2.75, 3.05) is 17.6 Å². The fourth-order valence-electron chi connectivity index (χ4n) is 1.24. The first-order chi connectivity index (χ1) is 8.54. The largest absolute Gasteiger partial charge is 0.329 e. The highest BCUT2D eigenvalue weighted by Gasteiger charge is 2.10. The molecule has 100 valence electrons. The standard InChI is InChI=1S/C12H16Cl2N2OS/c1-8(7-15)18-6-5-11(17)16-12-9(13)3-2-4-10(12)14/h2-4,8H,5-7,15H2,1H3,(H,16,17). The number of nitrogens with one attached hydrogen (secondary N) is 1. The van der Waals surface area contributed by atoms with Gasteiger partial charge in [-0.25, -0.2) is 0 Å². The second-order valence-corrected chi connectivity index (χ2v) is 6.17. The van der Waals surface area contributed by atoms with Gasteiger partial charge < -0.3 is 11.1 Å². The molecule has 0 aromatic heterocycles. The summed E-state index contributed by atoms with van der Waals surface area (Å²) in [7, 11) is 0. The number of para-hydroxylation sites is 1. The van der Waals surface area contributed by atoms with Crippen molar-refractivity contribution in [3.8, 4) is 0 Å². The van der Waals surface area contributed by atoms with E-state index in [9.17, 15) is 4.79 Å². The van der Waals surface area contributed by atoms with Crippen molar-refractivity contribution in [1.82, 2.24) is 0 Å². The number of nitrogens with two attached hydrogens (primary N) is 1. The first-order valence-electron chi connectivity index (χ1n) is 5.60. The van der Waals surface area contributed by atoms with Gasteiger partial charge in [-0.15, -0.1) is 0 Å². The molecule has 0 heterocycles.